The van der Waals surface area contributed by atoms with Gasteiger partial charge < -0.3 is 15.2 Å². The van der Waals surface area contributed by atoms with Crippen LogP contribution in [0.25, 0.3) is 0 Å². The largest absolute Gasteiger partial charge is 0.333 e. The molecule has 2 aromatic heterocycles. The van der Waals surface area contributed by atoms with E-state index in [1.165, 1.54) is 5.56 Å². The van der Waals surface area contributed by atoms with Crippen LogP contribution in [0.15, 0.2) is 67.3 Å². The first-order valence-corrected chi connectivity index (χ1v) is 8.70. The summed E-state index contributed by atoms with van der Waals surface area (Å²) < 4.78 is 2.07. The lowest BCUT2D eigenvalue weighted by Crippen LogP contribution is -2.37. The molecule has 0 saturated heterocycles. The Hall–Kier alpha value is -3.15. The zero-order valence-corrected chi connectivity index (χ0v) is 14.8. The van der Waals surface area contributed by atoms with Crippen molar-refractivity contribution in [3.8, 4) is 0 Å². The molecule has 0 unspecified atom stereocenters. The standard InChI is InChI=1S/C20H23N5O/c1-16(18-7-10-21-11-8-18)24-20(26)23-15-19-22-12-14-25(19)13-9-17-5-3-2-4-6-17/h2-8,10-12,14,16H,9,13,15H2,1H3,(H2,23,24,26)/t16-/m0/s1. The summed E-state index contributed by atoms with van der Waals surface area (Å²) in [5, 5.41) is 5.80. The average Bonchev–Trinajstić information content (AvgIpc) is 3.13. The molecule has 0 aliphatic rings. The molecule has 2 amide bonds. The maximum absolute atomic E-state index is 12.1. The van der Waals surface area contributed by atoms with Crippen LogP contribution in [0.1, 0.15) is 29.9 Å². The van der Waals surface area contributed by atoms with Crippen molar-refractivity contribution in [1.29, 1.82) is 0 Å². The summed E-state index contributed by atoms with van der Waals surface area (Å²) in [6.07, 6.45) is 8.07. The number of nitrogens with one attached hydrogen (secondary N) is 2. The molecule has 0 aliphatic heterocycles. The Morgan fingerprint density at radius 2 is 1.88 bits per heavy atom. The van der Waals surface area contributed by atoms with Gasteiger partial charge in [-0.2, -0.15) is 0 Å². The van der Waals surface area contributed by atoms with Gasteiger partial charge in [0.2, 0.25) is 0 Å². The zero-order valence-electron chi connectivity index (χ0n) is 14.8. The predicted octanol–water partition coefficient (Wildman–Crippen LogP) is 3.08. The fraction of sp³-hybridized carbons (Fsp3) is 0.250. The van der Waals surface area contributed by atoms with Crippen molar-refractivity contribution in [3.63, 3.8) is 0 Å². The summed E-state index contributed by atoms with van der Waals surface area (Å²) in [5.74, 6) is 0.840. The van der Waals surface area contributed by atoms with Crippen LogP contribution < -0.4 is 10.6 Å². The van der Waals surface area contributed by atoms with Gasteiger partial charge >= 0.3 is 6.03 Å². The predicted molar refractivity (Wildman–Crippen MR) is 100 cm³/mol. The normalized spacial score (nSPS) is 11.7. The minimum atomic E-state index is -0.216. The van der Waals surface area contributed by atoms with Crippen molar-refractivity contribution in [2.24, 2.45) is 0 Å². The maximum Gasteiger partial charge on any atom is 0.315 e. The van der Waals surface area contributed by atoms with Crippen molar-refractivity contribution in [2.45, 2.75) is 32.5 Å². The van der Waals surface area contributed by atoms with E-state index in [1.807, 2.05) is 43.5 Å². The third kappa shape index (κ3) is 4.92. The highest BCUT2D eigenvalue weighted by molar-refractivity contribution is 5.74. The van der Waals surface area contributed by atoms with E-state index in [1.54, 1.807) is 18.6 Å². The van der Waals surface area contributed by atoms with Gasteiger partial charge in [-0.15, -0.1) is 0 Å². The Kier molecular flexibility index (Phi) is 5.98. The number of benzene rings is 1. The van der Waals surface area contributed by atoms with Gasteiger partial charge in [-0.3, -0.25) is 4.98 Å². The molecule has 26 heavy (non-hydrogen) atoms. The Morgan fingerprint density at radius 3 is 2.65 bits per heavy atom. The van der Waals surface area contributed by atoms with E-state index in [0.717, 1.165) is 24.4 Å². The third-order valence-corrected chi connectivity index (χ3v) is 4.25. The van der Waals surface area contributed by atoms with Gasteiger partial charge in [-0.1, -0.05) is 30.3 Å². The summed E-state index contributed by atoms with van der Waals surface area (Å²) in [7, 11) is 0. The fourth-order valence-corrected chi connectivity index (χ4v) is 2.75. The van der Waals surface area contributed by atoms with E-state index in [-0.39, 0.29) is 12.1 Å². The fourth-order valence-electron chi connectivity index (χ4n) is 2.75. The van der Waals surface area contributed by atoms with Crippen LogP contribution in [0.5, 0.6) is 0 Å². The van der Waals surface area contributed by atoms with Gasteiger partial charge in [0.15, 0.2) is 0 Å². The molecule has 134 valence electrons. The van der Waals surface area contributed by atoms with Crippen molar-refractivity contribution >= 4 is 6.03 Å². The van der Waals surface area contributed by atoms with E-state index in [0.29, 0.717) is 6.54 Å². The Labute approximate surface area is 153 Å². The van der Waals surface area contributed by atoms with E-state index in [9.17, 15) is 4.79 Å². The van der Waals surface area contributed by atoms with Crippen molar-refractivity contribution < 1.29 is 4.79 Å². The number of imidazole rings is 1. The smallest absolute Gasteiger partial charge is 0.315 e. The lowest BCUT2D eigenvalue weighted by Gasteiger charge is -2.15. The van der Waals surface area contributed by atoms with Crippen LogP contribution in [0, 0.1) is 0 Å². The van der Waals surface area contributed by atoms with E-state index in [4.69, 9.17) is 0 Å². The molecule has 2 heterocycles. The topological polar surface area (TPSA) is 71.8 Å². The monoisotopic (exact) mass is 349 g/mol. The van der Waals surface area contributed by atoms with E-state index in [2.05, 4.69) is 37.3 Å². The molecule has 3 aromatic rings. The molecule has 1 aromatic carbocycles. The Morgan fingerprint density at radius 1 is 1.12 bits per heavy atom. The number of hydrogen-bond donors (Lipinski definition) is 2. The second-order valence-electron chi connectivity index (χ2n) is 6.10. The summed E-state index contributed by atoms with van der Waals surface area (Å²) in [4.78, 5) is 20.5. The number of pyridine rings is 1. The number of urea groups is 1. The number of rotatable bonds is 7. The Balaban J connectivity index is 1.49. The van der Waals surface area contributed by atoms with Crippen molar-refractivity contribution in [1.82, 2.24) is 25.2 Å². The lowest BCUT2D eigenvalue weighted by atomic mass is 10.1. The van der Waals surface area contributed by atoms with Gasteiger partial charge in [0.25, 0.3) is 0 Å². The maximum atomic E-state index is 12.1. The molecular formula is C20H23N5O. The van der Waals surface area contributed by atoms with E-state index >= 15 is 0 Å². The SMILES string of the molecule is C[C@H](NC(=O)NCc1nccn1CCc1ccccc1)c1ccncc1. The second kappa shape index (κ2) is 8.80. The molecule has 0 aliphatic carbocycles. The molecule has 1 atom stereocenters. The first kappa shape index (κ1) is 17.7. The molecule has 0 radical (unpaired) electrons. The second-order valence-corrected chi connectivity index (χ2v) is 6.10. The summed E-state index contributed by atoms with van der Waals surface area (Å²) in [6, 6.07) is 13.8. The molecule has 2 N–H and O–H groups in total. The minimum Gasteiger partial charge on any atom is -0.333 e. The average molecular weight is 349 g/mol. The highest BCUT2D eigenvalue weighted by Crippen LogP contribution is 2.10. The molecular weight excluding hydrogens is 326 g/mol. The molecule has 6 heteroatoms. The number of nitrogens with zero attached hydrogens (tertiary/aromatic N) is 3. The molecule has 0 bridgehead atoms. The number of amides is 2. The van der Waals surface area contributed by atoms with Crippen molar-refractivity contribution in [2.75, 3.05) is 0 Å². The first-order chi connectivity index (χ1) is 12.7. The van der Waals surface area contributed by atoms with Gasteiger partial charge in [0.05, 0.1) is 12.6 Å². The molecule has 0 spiro atoms. The van der Waals surface area contributed by atoms with Crippen LogP contribution in [-0.4, -0.2) is 20.6 Å². The lowest BCUT2D eigenvalue weighted by molar-refractivity contribution is 0.237. The number of hydrogen-bond acceptors (Lipinski definition) is 3. The van der Waals surface area contributed by atoms with Crippen LogP contribution in [-0.2, 0) is 19.5 Å². The summed E-state index contributed by atoms with van der Waals surface area (Å²) in [5.41, 5.74) is 2.29. The number of carbonyl (C=O) groups is 1. The zero-order chi connectivity index (χ0) is 18.2. The molecule has 0 saturated carbocycles. The van der Waals surface area contributed by atoms with Crippen LogP contribution in [0.3, 0.4) is 0 Å². The van der Waals surface area contributed by atoms with Crippen LogP contribution >= 0.6 is 0 Å². The van der Waals surface area contributed by atoms with Crippen LogP contribution in [0.4, 0.5) is 4.79 Å². The highest BCUT2D eigenvalue weighted by Gasteiger charge is 2.10. The minimum absolute atomic E-state index is 0.0872. The van der Waals surface area contributed by atoms with Gasteiger partial charge in [-0.25, -0.2) is 9.78 Å². The number of aromatic nitrogens is 3. The number of aryl methyl sites for hydroxylation is 2. The van der Waals surface area contributed by atoms with Gasteiger partial charge in [0.1, 0.15) is 5.82 Å². The molecule has 0 fully saturated rings. The third-order valence-electron chi connectivity index (χ3n) is 4.25. The van der Waals surface area contributed by atoms with Gasteiger partial charge in [0, 0.05) is 31.3 Å². The summed E-state index contributed by atoms with van der Waals surface area (Å²) >= 11 is 0. The highest BCUT2D eigenvalue weighted by atomic mass is 16.2. The van der Waals surface area contributed by atoms with Crippen LogP contribution in [0.2, 0.25) is 0 Å². The first-order valence-electron chi connectivity index (χ1n) is 8.70. The van der Waals surface area contributed by atoms with E-state index < -0.39 is 0 Å². The van der Waals surface area contributed by atoms with Crippen molar-refractivity contribution in [3.05, 3.63) is 84.2 Å². The van der Waals surface area contributed by atoms with Gasteiger partial charge in [-0.05, 0) is 36.6 Å². The molecule has 3 rings (SSSR count). The molecule has 6 nitrogen and oxygen atoms in total. The Bertz CT molecular complexity index is 816. The number of carbonyl (C=O) groups excluding carboxylic acids is 1. The quantitative estimate of drug-likeness (QED) is 0.688. The summed E-state index contributed by atoms with van der Waals surface area (Å²) in [6.45, 7) is 3.16.